The molecule has 6 nitrogen and oxygen atoms in total. The topological polar surface area (TPSA) is 91.6 Å². The van der Waals surface area contributed by atoms with Gasteiger partial charge in [-0.05, 0) is 59.3 Å². The van der Waals surface area contributed by atoms with E-state index in [4.69, 9.17) is 0 Å². The molecule has 0 aliphatic heterocycles. The van der Waals surface area contributed by atoms with Crippen LogP contribution in [0.4, 0.5) is 13.2 Å². The van der Waals surface area contributed by atoms with Crippen LogP contribution in [0.2, 0.25) is 0 Å². The molecular weight excluding hydrogens is 523 g/mol. The number of fused-ring (bicyclic) bond motifs is 1. The van der Waals surface area contributed by atoms with Crippen LogP contribution in [0.25, 0.3) is 14.9 Å². The lowest BCUT2D eigenvalue weighted by Gasteiger charge is -2.21. The van der Waals surface area contributed by atoms with E-state index >= 15 is 0 Å². The Hall–Kier alpha value is -3.06. The maximum absolute atomic E-state index is 12.5. The molecule has 0 aromatic heterocycles. The minimum atomic E-state index is -6.27. The van der Waals surface area contributed by atoms with Crippen molar-refractivity contribution >= 4 is 42.0 Å². The second-order valence-corrected chi connectivity index (χ2v) is 12.2. The zero-order valence-electron chi connectivity index (χ0n) is 17.6. The highest BCUT2D eigenvalue weighted by Crippen LogP contribution is 2.35. The SMILES string of the molecule is O=S(=O)([N-]S(=O)(=O)C(F)(F)F)Oc1ccc([S+](c2ccccc2)c2ccc3ccccc3c2)cc1. The summed E-state index contributed by atoms with van der Waals surface area (Å²) in [5.74, 6) is -0.384. The van der Waals surface area contributed by atoms with Gasteiger partial charge >= 0.3 is 5.51 Å². The predicted octanol–water partition coefficient (Wildman–Crippen LogP) is 5.78. The third kappa shape index (κ3) is 5.78. The van der Waals surface area contributed by atoms with Gasteiger partial charge in [-0.3, -0.25) is 0 Å². The lowest BCUT2D eigenvalue weighted by molar-refractivity contribution is -0.0425. The first-order valence-corrected chi connectivity index (χ1v) is 13.9. The van der Waals surface area contributed by atoms with E-state index in [2.05, 4.69) is 10.2 Å². The van der Waals surface area contributed by atoms with Crippen molar-refractivity contribution in [2.24, 2.45) is 0 Å². The summed E-state index contributed by atoms with van der Waals surface area (Å²) >= 11 is 0. The maximum atomic E-state index is 12.5. The van der Waals surface area contributed by atoms with Crippen LogP contribution in [-0.2, 0) is 31.2 Å². The molecule has 0 amide bonds. The van der Waals surface area contributed by atoms with Gasteiger partial charge < -0.3 is 8.31 Å². The van der Waals surface area contributed by atoms with E-state index < -0.39 is 36.7 Å². The van der Waals surface area contributed by atoms with E-state index in [1.807, 2.05) is 70.9 Å². The molecule has 0 N–H and O–H groups in total. The molecule has 4 aromatic carbocycles. The normalized spacial score (nSPS) is 13.5. The Morgan fingerprint density at radius 2 is 1.20 bits per heavy atom. The Bertz CT molecular complexity index is 1560. The molecule has 35 heavy (non-hydrogen) atoms. The monoisotopic (exact) mass is 539 g/mol. The molecule has 4 rings (SSSR count). The Morgan fingerprint density at radius 1 is 0.657 bits per heavy atom. The van der Waals surface area contributed by atoms with Crippen LogP contribution in [0.1, 0.15) is 0 Å². The summed E-state index contributed by atoms with van der Waals surface area (Å²) in [5, 5.41) is 2.11. The van der Waals surface area contributed by atoms with Gasteiger partial charge in [0.2, 0.25) is 10.3 Å². The highest BCUT2D eigenvalue weighted by molar-refractivity contribution is 8.10. The van der Waals surface area contributed by atoms with Crippen LogP contribution in [-0.4, -0.2) is 22.3 Å². The van der Waals surface area contributed by atoms with Crippen LogP contribution < -0.4 is 4.18 Å². The van der Waals surface area contributed by atoms with E-state index in [1.165, 1.54) is 12.1 Å². The minimum Gasteiger partial charge on any atom is -0.395 e. The minimum absolute atomic E-state index is 0.384. The van der Waals surface area contributed by atoms with E-state index in [1.54, 1.807) is 12.1 Å². The van der Waals surface area contributed by atoms with Gasteiger partial charge in [0.1, 0.15) is 5.75 Å². The number of halogens is 3. The summed E-state index contributed by atoms with van der Waals surface area (Å²) in [6.07, 6.45) is 0. The number of benzene rings is 4. The number of hydrogen-bond acceptors (Lipinski definition) is 5. The highest BCUT2D eigenvalue weighted by Gasteiger charge is 2.41. The number of hydrogen-bond donors (Lipinski definition) is 0. The first kappa shape index (κ1) is 25.0. The molecule has 0 heterocycles. The van der Waals surface area contributed by atoms with Crippen LogP contribution >= 0.6 is 0 Å². The van der Waals surface area contributed by atoms with E-state index in [0.29, 0.717) is 0 Å². The standard InChI is InChI=1S/C23H16F3NO5S3/c24-23(25,26)34(28,29)27-35(30,31)32-19-11-14-21(15-12-19)33(20-8-2-1-3-9-20)22-13-10-17-6-4-5-7-18(17)16-22/h1-16H. The number of alkyl halides is 3. The highest BCUT2D eigenvalue weighted by atomic mass is 32.3. The number of rotatable bonds is 7. The van der Waals surface area contributed by atoms with Crippen molar-refractivity contribution in [1.82, 2.24) is 0 Å². The van der Waals surface area contributed by atoms with Gasteiger partial charge in [-0.2, -0.15) is 13.2 Å². The van der Waals surface area contributed by atoms with Crippen molar-refractivity contribution in [3.8, 4) is 5.75 Å². The molecule has 0 saturated heterocycles. The Labute approximate surface area is 203 Å². The molecule has 12 heteroatoms. The Morgan fingerprint density at radius 3 is 1.83 bits per heavy atom. The average molecular weight is 540 g/mol. The second-order valence-electron chi connectivity index (χ2n) is 7.11. The molecule has 0 bridgehead atoms. The molecular formula is C23H16F3NO5S3. The molecule has 0 radical (unpaired) electrons. The molecule has 182 valence electrons. The fraction of sp³-hybridized carbons (Fsp3) is 0.0435. The average Bonchev–Trinajstić information content (AvgIpc) is 2.79. The summed E-state index contributed by atoms with van der Waals surface area (Å²) < 4.78 is 89.4. The lowest BCUT2D eigenvalue weighted by atomic mass is 10.1. The van der Waals surface area contributed by atoms with Gasteiger partial charge in [0.25, 0.3) is 0 Å². The first-order valence-electron chi connectivity index (χ1n) is 9.83. The largest absolute Gasteiger partial charge is 0.480 e. The fourth-order valence-corrected chi connectivity index (χ4v) is 7.07. The second kappa shape index (κ2) is 9.53. The maximum Gasteiger partial charge on any atom is 0.480 e. The Kier molecular flexibility index (Phi) is 6.82. The zero-order chi connectivity index (χ0) is 25.3. The quantitative estimate of drug-likeness (QED) is 0.278. The van der Waals surface area contributed by atoms with Gasteiger partial charge in [-0.1, -0.05) is 42.5 Å². The summed E-state index contributed by atoms with van der Waals surface area (Å²) in [7, 11) is -12.3. The first-order chi connectivity index (χ1) is 16.5. The molecule has 0 saturated carbocycles. The molecule has 0 aliphatic rings. The molecule has 0 aliphatic carbocycles. The molecule has 1 atom stereocenters. The van der Waals surface area contributed by atoms with Gasteiger partial charge in [0.15, 0.2) is 24.7 Å². The van der Waals surface area contributed by atoms with Crippen molar-refractivity contribution < 1.29 is 34.2 Å². The number of sulfonamides is 1. The molecule has 1 unspecified atom stereocenters. The van der Waals surface area contributed by atoms with Crippen LogP contribution in [0, 0.1) is 0 Å². The van der Waals surface area contributed by atoms with E-state index in [0.717, 1.165) is 25.5 Å². The summed E-state index contributed by atoms with van der Waals surface area (Å²) in [5.41, 5.74) is -5.86. The number of nitrogens with zero attached hydrogens (tertiary/aromatic N) is 1. The van der Waals surface area contributed by atoms with Crippen molar-refractivity contribution in [2.75, 3.05) is 0 Å². The van der Waals surface area contributed by atoms with E-state index in [-0.39, 0.29) is 5.75 Å². The summed E-state index contributed by atoms with van der Waals surface area (Å²) in [4.78, 5) is 2.74. The molecule has 0 fully saturated rings. The van der Waals surface area contributed by atoms with Crippen LogP contribution in [0.15, 0.2) is 112 Å². The molecule has 0 spiro atoms. The van der Waals surface area contributed by atoms with Crippen LogP contribution in [0.3, 0.4) is 0 Å². The Balaban J connectivity index is 1.66. The summed E-state index contributed by atoms with van der Waals surface area (Å²) in [6, 6.07) is 29.1. The van der Waals surface area contributed by atoms with Crippen molar-refractivity contribution in [3.63, 3.8) is 0 Å². The smallest absolute Gasteiger partial charge is 0.395 e. The molecule has 4 aromatic rings. The zero-order valence-corrected chi connectivity index (χ0v) is 20.0. The van der Waals surface area contributed by atoms with Crippen molar-refractivity contribution in [3.05, 3.63) is 101 Å². The third-order valence-electron chi connectivity index (χ3n) is 4.68. The van der Waals surface area contributed by atoms with Gasteiger partial charge in [-0.25, -0.2) is 16.8 Å². The predicted molar refractivity (Wildman–Crippen MR) is 127 cm³/mol. The van der Waals surface area contributed by atoms with Gasteiger partial charge in [0.05, 0.1) is 10.9 Å². The third-order valence-corrected chi connectivity index (χ3v) is 9.39. The van der Waals surface area contributed by atoms with Crippen molar-refractivity contribution in [1.29, 1.82) is 0 Å². The van der Waals surface area contributed by atoms with E-state index in [9.17, 15) is 30.0 Å². The van der Waals surface area contributed by atoms with Gasteiger partial charge in [0, 0.05) is 6.07 Å². The van der Waals surface area contributed by atoms with Crippen LogP contribution in [0.5, 0.6) is 5.75 Å². The fourth-order valence-electron chi connectivity index (χ4n) is 3.19. The lowest BCUT2D eigenvalue weighted by Crippen LogP contribution is -2.25. The summed E-state index contributed by atoms with van der Waals surface area (Å²) in [6.45, 7) is 0. The van der Waals surface area contributed by atoms with Gasteiger partial charge in [-0.15, -0.1) is 0 Å². The van der Waals surface area contributed by atoms with Crippen molar-refractivity contribution in [2.45, 2.75) is 20.2 Å².